The smallest absolute Gasteiger partial charge is 0.249 e. The van der Waals surface area contributed by atoms with E-state index in [1.54, 1.807) is 6.07 Å². The number of imidazole rings is 1. The molecule has 24 heavy (non-hydrogen) atoms. The first-order valence-electron chi connectivity index (χ1n) is 8.12. The zero-order valence-corrected chi connectivity index (χ0v) is 15.3. The average molecular weight is 349 g/mol. The maximum atomic E-state index is 6.25. The highest BCUT2D eigenvalue weighted by atomic mass is 35.5. The van der Waals surface area contributed by atoms with E-state index in [-0.39, 0.29) is 0 Å². The van der Waals surface area contributed by atoms with Crippen LogP contribution in [-0.2, 0) is 13.5 Å². The van der Waals surface area contributed by atoms with Gasteiger partial charge in [0.1, 0.15) is 0 Å². The van der Waals surface area contributed by atoms with Crippen LogP contribution < -0.4 is 10.6 Å². The minimum absolute atomic E-state index is 0.594. The molecule has 2 N–H and O–H groups in total. The number of halogens is 1. The molecule has 0 saturated carbocycles. The van der Waals surface area contributed by atoms with Crippen LogP contribution in [0.3, 0.4) is 0 Å². The predicted octanol–water partition coefficient (Wildman–Crippen LogP) is 4.23. The summed E-state index contributed by atoms with van der Waals surface area (Å²) in [5, 5.41) is 9.14. The monoisotopic (exact) mass is 348 g/mol. The van der Waals surface area contributed by atoms with Crippen LogP contribution in [0.15, 0.2) is 34.6 Å². The van der Waals surface area contributed by atoms with Crippen molar-refractivity contribution in [2.45, 2.75) is 25.7 Å². The molecule has 7 heteroatoms. The Labute approximate surface area is 148 Å². The number of hydrogen-bond acceptors (Lipinski definition) is 5. The summed E-state index contributed by atoms with van der Waals surface area (Å²) in [6, 6.07) is 5.62. The predicted molar refractivity (Wildman–Crippen MR) is 99.8 cm³/mol. The van der Waals surface area contributed by atoms with E-state index in [2.05, 4.69) is 15.2 Å². The van der Waals surface area contributed by atoms with Crippen LogP contribution >= 0.6 is 11.6 Å². The fraction of sp³-hybridized carbons (Fsp3) is 0.471. The number of anilines is 1. The van der Waals surface area contributed by atoms with Crippen LogP contribution in [0.4, 0.5) is 17.3 Å². The lowest BCUT2D eigenvalue weighted by Gasteiger charge is -2.13. The largest absolute Gasteiger partial charge is 0.376 e. The number of rotatable bonds is 8. The topological polar surface area (TPSA) is 71.8 Å². The SMILES string of the molecule is CN(C)c1ccc(N=Nc2nc(CCCCCN)cn2C)cc1Cl. The van der Waals surface area contributed by atoms with Gasteiger partial charge in [0.05, 0.1) is 22.1 Å². The number of benzene rings is 1. The van der Waals surface area contributed by atoms with Gasteiger partial charge in [0.15, 0.2) is 0 Å². The number of hydrogen-bond donors (Lipinski definition) is 1. The molecule has 0 radical (unpaired) electrons. The summed E-state index contributed by atoms with van der Waals surface area (Å²) in [6.45, 7) is 0.747. The molecule has 130 valence electrons. The molecule has 0 aliphatic heterocycles. The van der Waals surface area contributed by atoms with Crippen LogP contribution in [0.2, 0.25) is 5.02 Å². The van der Waals surface area contributed by atoms with Gasteiger partial charge in [-0.15, -0.1) is 10.2 Å². The third kappa shape index (κ3) is 5.04. The van der Waals surface area contributed by atoms with Gasteiger partial charge < -0.3 is 15.2 Å². The second-order valence-corrected chi connectivity index (χ2v) is 6.38. The van der Waals surface area contributed by atoms with E-state index in [0.717, 1.165) is 43.6 Å². The van der Waals surface area contributed by atoms with Gasteiger partial charge in [-0.05, 0) is 44.0 Å². The van der Waals surface area contributed by atoms with Gasteiger partial charge in [0.2, 0.25) is 5.95 Å². The van der Waals surface area contributed by atoms with Crippen molar-refractivity contribution in [1.82, 2.24) is 9.55 Å². The molecule has 0 saturated heterocycles. The number of nitrogens with zero attached hydrogens (tertiary/aromatic N) is 5. The van der Waals surface area contributed by atoms with Crippen molar-refractivity contribution in [3.8, 4) is 0 Å². The van der Waals surface area contributed by atoms with Crippen LogP contribution in [0, 0.1) is 0 Å². The number of unbranched alkanes of at least 4 members (excludes halogenated alkanes) is 2. The molecular weight excluding hydrogens is 324 g/mol. The van der Waals surface area contributed by atoms with E-state index in [0.29, 0.717) is 16.7 Å². The molecule has 1 aromatic carbocycles. The zero-order chi connectivity index (χ0) is 17.5. The lowest BCUT2D eigenvalue weighted by atomic mass is 10.1. The normalized spacial score (nSPS) is 11.4. The molecule has 2 rings (SSSR count). The van der Waals surface area contributed by atoms with Gasteiger partial charge in [0, 0.05) is 27.3 Å². The first-order valence-corrected chi connectivity index (χ1v) is 8.50. The highest BCUT2D eigenvalue weighted by Gasteiger charge is 2.06. The summed E-state index contributed by atoms with van der Waals surface area (Å²) in [6.07, 6.45) is 6.21. The number of aryl methyl sites for hydroxylation is 2. The Hall–Kier alpha value is -1.92. The highest BCUT2D eigenvalue weighted by Crippen LogP contribution is 2.29. The van der Waals surface area contributed by atoms with Gasteiger partial charge in [-0.2, -0.15) is 0 Å². The van der Waals surface area contributed by atoms with Gasteiger partial charge in [-0.1, -0.05) is 18.0 Å². The minimum atomic E-state index is 0.594. The molecule has 0 unspecified atom stereocenters. The summed E-state index contributed by atoms with van der Waals surface area (Å²) in [7, 11) is 5.82. The Morgan fingerprint density at radius 3 is 2.67 bits per heavy atom. The van der Waals surface area contributed by atoms with E-state index in [1.165, 1.54) is 0 Å². The number of azo groups is 1. The second-order valence-electron chi connectivity index (χ2n) is 5.97. The Balaban J connectivity index is 2.03. The first-order chi connectivity index (χ1) is 11.5. The van der Waals surface area contributed by atoms with Crippen LogP contribution in [-0.4, -0.2) is 30.2 Å². The van der Waals surface area contributed by atoms with Crippen LogP contribution in [0.1, 0.15) is 25.0 Å². The fourth-order valence-electron chi connectivity index (χ4n) is 2.38. The molecule has 0 fully saturated rings. The lowest BCUT2D eigenvalue weighted by molar-refractivity contribution is 0.680. The highest BCUT2D eigenvalue weighted by molar-refractivity contribution is 6.33. The lowest BCUT2D eigenvalue weighted by Crippen LogP contribution is -2.08. The third-order valence-corrected chi connectivity index (χ3v) is 4.01. The summed E-state index contributed by atoms with van der Waals surface area (Å²) >= 11 is 6.25. The molecular formula is C17H25ClN6. The number of aromatic nitrogens is 2. The van der Waals surface area contributed by atoms with Crippen molar-refractivity contribution in [3.05, 3.63) is 35.1 Å². The van der Waals surface area contributed by atoms with E-state index < -0.39 is 0 Å². The Kier molecular flexibility index (Phi) is 6.75. The Morgan fingerprint density at radius 2 is 2.00 bits per heavy atom. The minimum Gasteiger partial charge on any atom is -0.376 e. The van der Waals surface area contributed by atoms with Crippen molar-refractivity contribution < 1.29 is 0 Å². The fourth-order valence-corrected chi connectivity index (χ4v) is 2.73. The van der Waals surface area contributed by atoms with E-state index in [4.69, 9.17) is 17.3 Å². The van der Waals surface area contributed by atoms with Crippen molar-refractivity contribution in [2.24, 2.45) is 23.0 Å². The molecule has 0 atom stereocenters. The third-order valence-electron chi connectivity index (χ3n) is 3.71. The van der Waals surface area contributed by atoms with E-state index in [9.17, 15) is 0 Å². The summed E-state index contributed by atoms with van der Waals surface area (Å²) in [5.74, 6) is 0.594. The quantitative estimate of drug-likeness (QED) is 0.573. The van der Waals surface area contributed by atoms with E-state index in [1.807, 2.05) is 48.9 Å². The van der Waals surface area contributed by atoms with Crippen molar-refractivity contribution >= 4 is 28.9 Å². The van der Waals surface area contributed by atoms with Gasteiger partial charge in [0.25, 0.3) is 0 Å². The maximum absolute atomic E-state index is 6.25. The number of nitrogens with two attached hydrogens (primary N) is 1. The van der Waals surface area contributed by atoms with Gasteiger partial charge in [-0.25, -0.2) is 4.98 Å². The molecule has 1 aromatic heterocycles. The summed E-state index contributed by atoms with van der Waals surface area (Å²) in [4.78, 5) is 6.48. The standard InChI is InChI=1S/C17H25ClN6/c1-23(2)16-9-8-13(11-15(16)18)21-22-17-20-14(12-24(17)3)7-5-4-6-10-19/h8-9,11-12H,4-7,10,19H2,1-3H3. The van der Waals surface area contributed by atoms with E-state index >= 15 is 0 Å². The molecule has 1 heterocycles. The first kappa shape index (κ1) is 18.4. The molecule has 6 nitrogen and oxygen atoms in total. The summed E-state index contributed by atoms with van der Waals surface area (Å²) < 4.78 is 1.89. The Bertz CT molecular complexity index is 692. The average Bonchev–Trinajstić information content (AvgIpc) is 2.89. The summed E-state index contributed by atoms with van der Waals surface area (Å²) in [5.41, 5.74) is 8.20. The maximum Gasteiger partial charge on any atom is 0.249 e. The Morgan fingerprint density at radius 1 is 1.21 bits per heavy atom. The van der Waals surface area contributed by atoms with Crippen molar-refractivity contribution in [1.29, 1.82) is 0 Å². The molecule has 0 aliphatic carbocycles. The molecule has 0 spiro atoms. The van der Waals surface area contributed by atoms with Gasteiger partial charge in [-0.3, -0.25) is 0 Å². The molecule has 2 aromatic rings. The molecule has 0 aliphatic rings. The van der Waals surface area contributed by atoms with Crippen molar-refractivity contribution in [3.63, 3.8) is 0 Å². The van der Waals surface area contributed by atoms with Crippen molar-refractivity contribution in [2.75, 3.05) is 25.5 Å². The molecule has 0 amide bonds. The molecule has 0 bridgehead atoms. The van der Waals surface area contributed by atoms with Gasteiger partial charge >= 0.3 is 0 Å². The van der Waals surface area contributed by atoms with Crippen LogP contribution in [0.25, 0.3) is 0 Å². The zero-order valence-electron chi connectivity index (χ0n) is 14.5. The van der Waals surface area contributed by atoms with Crippen LogP contribution in [0.5, 0.6) is 0 Å². The second kappa shape index (κ2) is 8.80.